The minimum absolute atomic E-state index is 0.0220. The number of nitrogens with zero attached hydrogens (tertiary/aromatic N) is 1. The van der Waals surface area contributed by atoms with Gasteiger partial charge in [-0.15, -0.1) is 0 Å². The van der Waals surface area contributed by atoms with E-state index in [9.17, 15) is 33.9 Å². The van der Waals surface area contributed by atoms with Gasteiger partial charge in [0.1, 0.15) is 18.1 Å². The molecule has 1 heterocycles. The molecule has 1 aliphatic heterocycles. The van der Waals surface area contributed by atoms with Crippen molar-refractivity contribution in [2.75, 3.05) is 19.7 Å². The summed E-state index contributed by atoms with van der Waals surface area (Å²) in [4.78, 5) is 78.5. The van der Waals surface area contributed by atoms with E-state index < -0.39 is 73.2 Å². The van der Waals surface area contributed by atoms with E-state index in [1.54, 1.807) is 6.07 Å². The van der Waals surface area contributed by atoms with Crippen LogP contribution in [0.25, 0.3) is 0 Å². The average Bonchev–Trinajstić information content (AvgIpc) is 2.89. The molecule has 39 heavy (non-hydrogen) atoms. The summed E-state index contributed by atoms with van der Waals surface area (Å²) in [5.41, 5.74) is 11.2. The number of hydrogen-bond acceptors (Lipinski definition) is 8. The number of nitrogens with two attached hydrogens (primary N) is 2. The number of carboxylic acid groups (broad SMARTS) is 1. The Balaban J connectivity index is 2.34. The van der Waals surface area contributed by atoms with Crippen LogP contribution in [0.15, 0.2) is 29.3 Å². The lowest BCUT2D eigenvalue weighted by molar-refractivity contribution is -0.140. The number of carbonyl (C=O) groups is 6. The zero-order valence-corrected chi connectivity index (χ0v) is 20.9. The third-order valence-electron chi connectivity index (χ3n) is 5.49. The second kappa shape index (κ2) is 14.9. The Labute approximate surface area is 223 Å². The lowest BCUT2D eigenvalue weighted by Gasteiger charge is -2.23. The van der Waals surface area contributed by atoms with Crippen molar-refractivity contribution >= 4 is 41.5 Å². The second-order valence-electron chi connectivity index (χ2n) is 8.57. The molecule has 3 atom stereocenters. The van der Waals surface area contributed by atoms with Crippen LogP contribution >= 0.6 is 0 Å². The van der Waals surface area contributed by atoms with E-state index in [-0.39, 0.29) is 37.5 Å². The van der Waals surface area contributed by atoms with Crippen molar-refractivity contribution in [1.29, 1.82) is 0 Å². The monoisotopic (exact) mass is 548 g/mol. The predicted molar refractivity (Wildman–Crippen MR) is 136 cm³/mol. The third kappa shape index (κ3) is 10.3. The Bertz CT molecular complexity index is 1120. The number of aliphatic carboxylic acids is 1. The fourth-order valence-electron chi connectivity index (χ4n) is 3.54. The largest absolute Gasteiger partial charge is 0.481 e. The number of aliphatic imine (C=N–C) groups is 1. The van der Waals surface area contributed by atoms with Crippen LogP contribution in [0.3, 0.4) is 0 Å². The molecular formula is C23H32N8O8. The van der Waals surface area contributed by atoms with Gasteiger partial charge in [-0.05, 0) is 30.5 Å². The first-order valence-corrected chi connectivity index (χ1v) is 11.9. The normalized spacial score (nSPS) is 21.2. The Morgan fingerprint density at radius 2 is 1.62 bits per heavy atom. The standard InChI is InChI=1S/C23H32N8O8/c24-23(25)26-6-2-5-14-20(37)28-10-17(33)29-15(8-18(34)35)21(38)27-9-12-3-1-4-13(7-12)19(36)31-16(11-32)22(39)30-14/h1,3-4,7,14-16,32H,2,5-6,8-11H2,(H,27,38)(H,28,37)(H,29,33)(H,30,39)(H,31,36)(H,34,35)(H4,24,25,26)/t14-,15-,16+/m0/s1. The highest BCUT2D eigenvalue weighted by Crippen LogP contribution is 2.07. The van der Waals surface area contributed by atoms with E-state index in [0.717, 1.165) is 0 Å². The maximum atomic E-state index is 12.8. The Kier molecular flexibility index (Phi) is 11.6. The van der Waals surface area contributed by atoms with Gasteiger partial charge < -0.3 is 48.3 Å². The highest BCUT2D eigenvalue weighted by Gasteiger charge is 2.28. The van der Waals surface area contributed by atoms with Crippen molar-refractivity contribution in [2.24, 2.45) is 16.5 Å². The van der Waals surface area contributed by atoms with E-state index in [2.05, 4.69) is 31.6 Å². The molecule has 11 N–H and O–H groups in total. The molecule has 0 saturated carbocycles. The number of hydrogen-bond donors (Lipinski definition) is 9. The molecule has 1 aromatic rings. The molecule has 2 bridgehead atoms. The van der Waals surface area contributed by atoms with Crippen molar-refractivity contribution in [2.45, 2.75) is 43.9 Å². The van der Waals surface area contributed by atoms with E-state index in [1.807, 2.05) is 0 Å². The number of guanidine groups is 1. The smallest absolute Gasteiger partial charge is 0.305 e. The molecule has 0 aliphatic carbocycles. The number of rotatable bonds is 7. The maximum absolute atomic E-state index is 12.8. The predicted octanol–water partition coefficient (Wildman–Crippen LogP) is -3.98. The van der Waals surface area contributed by atoms with E-state index in [0.29, 0.717) is 5.56 Å². The molecule has 0 spiro atoms. The summed E-state index contributed by atoms with van der Waals surface area (Å²) in [5, 5.41) is 30.8. The van der Waals surface area contributed by atoms with E-state index >= 15 is 0 Å². The minimum Gasteiger partial charge on any atom is -0.481 e. The van der Waals surface area contributed by atoms with Crippen molar-refractivity contribution in [1.82, 2.24) is 26.6 Å². The lowest BCUT2D eigenvalue weighted by atomic mass is 10.1. The molecule has 212 valence electrons. The van der Waals surface area contributed by atoms with Gasteiger partial charge in [0, 0.05) is 18.7 Å². The van der Waals surface area contributed by atoms with E-state index in [4.69, 9.17) is 16.6 Å². The number of nitrogens with one attached hydrogen (secondary N) is 5. The molecule has 0 unspecified atom stereocenters. The van der Waals surface area contributed by atoms with Gasteiger partial charge in [-0.1, -0.05) is 12.1 Å². The van der Waals surface area contributed by atoms with Crippen LogP contribution in [-0.2, 0) is 30.5 Å². The fraction of sp³-hybridized carbons (Fsp3) is 0.435. The summed E-state index contributed by atoms with van der Waals surface area (Å²) in [6.07, 6.45) is -0.458. The minimum atomic E-state index is -1.45. The fourth-order valence-corrected chi connectivity index (χ4v) is 3.54. The highest BCUT2D eigenvalue weighted by atomic mass is 16.4. The first-order valence-electron chi connectivity index (χ1n) is 11.9. The van der Waals surface area contributed by atoms with Crippen molar-refractivity contribution in [3.8, 4) is 0 Å². The summed E-state index contributed by atoms with van der Waals surface area (Å²) >= 11 is 0. The number of benzene rings is 1. The first-order chi connectivity index (χ1) is 18.5. The Morgan fingerprint density at radius 3 is 2.28 bits per heavy atom. The van der Waals surface area contributed by atoms with Gasteiger partial charge >= 0.3 is 5.97 Å². The summed E-state index contributed by atoms with van der Waals surface area (Å²) in [5.74, 6) is -5.51. The van der Waals surface area contributed by atoms with Crippen molar-refractivity contribution in [3.63, 3.8) is 0 Å². The number of amides is 5. The van der Waals surface area contributed by atoms with Crippen molar-refractivity contribution < 1.29 is 39.0 Å². The molecule has 2 rings (SSSR count). The van der Waals surface area contributed by atoms with Crippen LogP contribution in [0.5, 0.6) is 0 Å². The van der Waals surface area contributed by atoms with Gasteiger partial charge in [0.2, 0.25) is 23.6 Å². The second-order valence-corrected chi connectivity index (χ2v) is 8.57. The zero-order chi connectivity index (χ0) is 28.9. The summed E-state index contributed by atoms with van der Waals surface area (Å²) in [7, 11) is 0. The number of aliphatic hydroxyl groups excluding tert-OH is 1. The zero-order valence-electron chi connectivity index (χ0n) is 20.9. The van der Waals surface area contributed by atoms with Crippen LogP contribution < -0.4 is 38.1 Å². The van der Waals surface area contributed by atoms with Crippen LogP contribution in [0.4, 0.5) is 0 Å². The van der Waals surface area contributed by atoms with Gasteiger partial charge in [-0.25, -0.2) is 0 Å². The van der Waals surface area contributed by atoms with Gasteiger partial charge in [-0.2, -0.15) is 0 Å². The molecule has 16 heteroatoms. The van der Waals surface area contributed by atoms with Crippen LogP contribution in [-0.4, -0.2) is 89.5 Å². The molecule has 0 radical (unpaired) electrons. The Hall–Kier alpha value is -4.73. The molecule has 16 nitrogen and oxygen atoms in total. The molecular weight excluding hydrogens is 516 g/mol. The number of carbonyl (C=O) groups excluding carboxylic acids is 5. The average molecular weight is 549 g/mol. The summed E-state index contributed by atoms with van der Waals surface area (Å²) < 4.78 is 0. The van der Waals surface area contributed by atoms with Crippen LogP contribution in [0.2, 0.25) is 0 Å². The van der Waals surface area contributed by atoms with Crippen LogP contribution in [0, 0.1) is 0 Å². The molecule has 1 aliphatic rings. The van der Waals surface area contributed by atoms with Crippen molar-refractivity contribution in [3.05, 3.63) is 35.4 Å². The Morgan fingerprint density at radius 1 is 0.923 bits per heavy atom. The third-order valence-corrected chi connectivity index (χ3v) is 5.49. The van der Waals surface area contributed by atoms with Gasteiger partial charge in [0.25, 0.3) is 5.91 Å². The molecule has 0 aromatic heterocycles. The quantitative estimate of drug-likeness (QED) is 0.0905. The van der Waals surface area contributed by atoms with Gasteiger partial charge in [0.05, 0.1) is 19.6 Å². The number of fused-ring (bicyclic) bond motifs is 2. The molecule has 5 amide bonds. The number of aliphatic hydroxyl groups is 1. The lowest BCUT2D eigenvalue weighted by Crippen LogP contribution is -2.56. The van der Waals surface area contributed by atoms with Gasteiger partial charge in [0.15, 0.2) is 5.96 Å². The van der Waals surface area contributed by atoms with Crippen LogP contribution in [0.1, 0.15) is 35.2 Å². The first kappa shape index (κ1) is 30.5. The SMILES string of the molecule is NC(N)=NCCC[C@@H]1NC(=O)[C@@H](CO)NC(=O)c2cccc(c2)CNC(=O)[C@H](CC(=O)O)NC(=O)CNC1=O. The molecule has 1 aromatic carbocycles. The maximum Gasteiger partial charge on any atom is 0.305 e. The molecule has 0 saturated heterocycles. The molecule has 0 fully saturated rings. The topological polar surface area (TPSA) is 267 Å². The summed E-state index contributed by atoms with van der Waals surface area (Å²) in [6, 6.07) is 1.92. The number of carboxylic acids is 1. The van der Waals surface area contributed by atoms with Gasteiger partial charge in [-0.3, -0.25) is 33.8 Å². The van der Waals surface area contributed by atoms with E-state index in [1.165, 1.54) is 18.2 Å². The summed E-state index contributed by atoms with van der Waals surface area (Å²) in [6.45, 7) is -1.38. The highest BCUT2D eigenvalue weighted by molar-refractivity contribution is 5.99.